The number of benzene rings is 1. The molecule has 0 unspecified atom stereocenters. The Hall–Kier alpha value is -2.08. The van der Waals surface area contributed by atoms with Crippen molar-refractivity contribution in [1.82, 2.24) is 9.97 Å². The van der Waals surface area contributed by atoms with Crippen molar-refractivity contribution in [2.24, 2.45) is 0 Å². The second kappa shape index (κ2) is 6.38. The second-order valence-corrected chi connectivity index (χ2v) is 4.29. The molecule has 0 bridgehead atoms. The molecule has 0 aliphatic rings. The SMILES string of the molecule is CCNc1ncnc(Nc2cc(F)ccc2Cl)c1OC. The van der Waals surface area contributed by atoms with E-state index >= 15 is 0 Å². The third-order valence-corrected chi connectivity index (χ3v) is 2.86. The summed E-state index contributed by atoms with van der Waals surface area (Å²) in [5, 5.41) is 6.39. The normalized spacial score (nSPS) is 10.2. The number of ether oxygens (including phenoxy) is 1. The molecule has 0 atom stereocenters. The van der Waals surface area contributed by atoms with Crippen molar-refractivity contribution in [2.45, 2.75) is 6.92 Å². The summed E-state index contributed by atoms with van der Waals surface area (Å²) in [6, 6.07) is 4.05. The summed E-state index contributed by atoms with van der Waals surface area (Å²) >= 11 is 6.01. The van der Waals surface area contributed by atoms with Crippen LogP contribution in [0.3, 0.4) is 0 Å². The zero-order chi connectivity index (χ0) is 14.5. The molecule has 20 heavy (non-hydrogen) atoms. The van der Waals surface area contributed by atoms with Gasteiger partial charge in [0.15, 0.2) is 11.6 Å². The Bertz CT molecular complexity index is 609. The molecule has 1 aromatic carbocycles. The van der Waals surface area contributed by atoms with Gasteiger partial charge in [-0.1, -0.05) is 11.6 Å². The summed E-state index contributed by atoms with van der Waals surface area (Å²) in [5.41, 5.74) is 0.408. The Labute approximate surface area is 121 Å². The van der Waals surface area contributed by atoms with E-state index in [1.54, 1.807) is 0 Å². The van der Waals surface area contributed by atoms with E-state index in [1.165, 1.54) is 31.6 Å². The maximum Gasteiger partial charge on any atom is 0.204 e. The van der Waals surface area contributed by atoms with Crippen LogP contribution < -0.4 is 15.4 Å². The van der Waals surface area contributed by atoms with Crippen molar-refractivity contribution in [3.63, 3.8) is 0 Å². The van der Waals surface area contributed by atoms with Gasteiger partial charge in [-0.25, -0.2) is 14.4 Å². The molecule has 1 heterocycles. The minimum atomic E-state index is -0.392. The zero-order valence-corrected chi connectivity index (χ0v) is 11.8. The molecule has 2 aromatic rings. The number of methoxy groups -OCH3 is 1. The summed E-state index contributed by atoms with van der Waals surface area (Å²) in [7, 11) is 1.51. The number of aromatic nitrogens is 2. The minimum Gasteiger partial charge on any atom is -0.490 e. The summed E-state index contributed by atoms with van der Waals surface area (Å²) in [6.07, 6.45) is 1.38. The van der Waals surface area contributed by atoms with Gasteiger partial charge in [-0.2, -0.15) is 0 Å². The fourth-order valence-electron chi connectivity index (χ4n) is 1.67. The third-order valence-electron chi connectivity index (χ3n) is 2.53. The standard InChI is InChI=1S/C13H14ClFN4O/c1-3-16-12-11(20-2)13(18-7-17-12)19-10-6-8(15)4-5-9(10)14/h4-7H,3H2,1-2H3,(H2,16,17,18,19). The van der Waals surface area contributed by atoms with Gasteiger partial charge in [0.1, 0.15) is 12.1 Å². The molecule has 2 rings (SSSR count). The van der Waals surface area contributed by atoms with Gasteiger partial charge in [-0.15, -0.1) is 0 Å². The predicted octanol–water partition coefficient (Wildman–Crippen LogP) is 3.45. The zero-order valence-electron chi connectivity index (χ0n) is 11.1. The number of nitrogens with one attached hydrogen (secondary N) is 2. The van der Waals surface area contributed by atoms with Crippen molar-refractivity contribution in [3.05, 3.63) is 35.4 Å². The van der Waals surface area contributed by atoms with E-state index < -0.39 is 5.82 Å². The summed E-state index contributed by atoms with van der Waals surface area (Å²) in [6.45, 7) is 2.63. The van der Waals surface area contributed by atoms with Crippen LogP contribution >= 0.6 is 11.6 Å². The molecule has 0 saturated carbocycles. The van der Waals surface area contributed by atoms with Crippen LogP contribution in [-0.4, -0.2) is 23.6 Å². The number of halogens is 2. The summed E-state index contributed by atoms with van der Waals surface area (Å²) < 4.78 is 18.5. The monoisotopic (exact) mass is 296 g/mol. The molecule has 2 N–H and O–H groups in total. The molecule has 0 amide bonds. The van der Waals surface area contributed by atoms with Crippen LogP contribution in [0.1, 0.15) is 6.92 Å². The van der Waals surface area contributed by atoms with Gasteiger partial charge in [0.2, 0.25) is 5.75 Å². The molecule has 0 saturated heterocycles. The van der Waals surface area contributed by atoms with Crippen LogP contribution in [0.25, 0.3) is 0 Å². The first-order valence-corrected chi connectivity index (χ1v) is 6.38. The van der Waals surface area contributed by atoms with Gasteiger partial charge < -0.3 is 15.4 Å². The first-order chi connectivity index (χ1) is 9.65. The topological polar surface area (TPSA) is 59.1 Å². The van der Waals surface area contributed by atoms with Crippen molar-refractivity contribution >= 4 is 28.9 Å². The van der Waals surface area contributed by atoms with E-state index in [-0.39, 0.29) is 0 Å². The Kier molecular flexibility index (Phi) is 4.57. The molecule has 0 aliphatic carbocycles. The van der Waals surface area contributed by atoms with Crippen molar-refractivity contribution < 1.29 is 9.13 Å². The molecule has 0 spiro atoms. The molecular weight excluding hydrogens is 283 g/mol. The van der Waals surface area contributed by atoms with Gasteiger partial charge in [-0.3, -0.25) is 0 Å². The molecule has 0 aliphatic heterocycles. The highest BCUT2D eigenvalue weighted by molar-refractivity contribution is 6.33. The molecule has 0 radical (unpaired) electrons. The van der Waals surface area contributed by atoms with Gasteiger partial charge in [0.25, 0.3) is 0 Å². The number of hydrogen-bond acceptors (Lipinski definition) is 5. The second-order valence-electron chi connectivity index (χ2n) is 3.88. The van der Waals surface area contributed by atoms with E-state index in [9.17, 15) is 4.39 Å². The molecule has 1 aromatic heterocycles. The molecule has 5 nitrogen and oxygen atoms in total. The number of rotatable bonds is 5. The lowest BCUT2D eigenvalue weighted by Crippen LogP contribution is -2.06. The van der Waals surface area contributed by atoms with Crippen LogP contribution in [0.4, 0.5) is 21.7 Å². The summed E-state index contributed by atoms with van der Waals surface area (Å²) in [5.74, 6) is 1.01. The molecule has 106 valence electrons. The first kappa shape index (κ1) is 14.3. The van der Waals surface area contributed by atoms with Crippen molar-refractivity contribution in [3.8, 4) is 5.75 Å². The number of anilines is 3. The highest BCUT2D eigenvalue weighted by Crippen LogP contribution is 2.33. The Morgan fingerprint density at radius 3 is 2.75 bits per heavy atom. The molecular formula is C13H14ClFN4O. The van der Waals surface area contributed by atoms with Crippen LogP contribution in [0.2, 0.25) is 5.02 Å². The van der Waals surface area contributed by atoms with Gasteiger partial charge in [0.05, 0.1) is 17.8 Å². The number of nitrogens with zero attached hydrogens (tertiary/aromatic N) is 2. The highest BCUT2D eigenvalue weighted by atomic mass is 35.5. The van der Waals surface area contributed by atoms with Crippen LogP contribution in [0.5, 0.6) is 5.75 Å². The lowest BCUT2D eigenvalue weighted by atomic mass is 10.3. The Morgan fingerprint density at radius 2 is 2.05 bits per heavy atom. The van der Waals surface area contributed by atoms with Crippen molar-refractivity contribution in [1.29, 1.82) is 0 Å². The lowest BCUT2D eigenvalue weighted by Gasteiger charge is -2.14. The average molecular weight is 297 g/mol. The van der Waals surface area contributed by atoms with Gasteiger partial charge in [-0.05, 0) is 25.1 Å². The Morgan fingerprint density at radius 1 is 1.30 bits per heavy atom. The van der Waals surface area contributed by atoms with Crippen molar-refractivity contribution in [2.75, 3.05) is 24.3 Å². The molecule has 7 heteroatoms. The maximum absolute atomic E-state index is 13.3. The Balaban J connectivity index is 2.37. The van der Waals surface area contributed by atoms with Crippen LogP contribution in [0.15, 0.2) is 24.5 Å². The third kappa shape index (κ3) is 3.08. The number of hydrogen-bond donors (Lipinski definition) is 2. The predicted molar refractivity (Wildman–Crippen MR) is 77.4 cm³/mol. The van der Waals surface area contributed by atoms with Crippen LogP contribution in [0, 0.1) is 5.82 Å². The van der Waals surface area contributed by atoms with E-state index in [0.717, 1.165) is 0 Å². The van der Waals surface area contributed by atoms with Gasteiger partial charge in [0, 0.05) is 6.54 Å². The first-order valence-electron chi connectivity index (χ1n) is 6.00. The van der Waals surface area contributed by atoms with E-state index in [0.29, 0.717) is 34.6 Å². The molecule has 0 fully saturated rings. The fraction of sp³-hybridized carbons (Fsp3) is 0.231. The van der Waals surface area contributed by atoms with E-state index in [1.807, 2.05) is 6.92 Å². The summed E-state index contributed by atoms with van der Waals surface area (Å²) in [4.78, 5) is 8.18. The highest BCUT2D eigenvalue weighted by Gasteiger charge is 2.13. The van der Waals surface area contributed by atoms with Gasteiger partial charge >= 0.3 is 0 Å². The smallest absolute Gasteiger partial charge is 0.204 e. The fourth-order valence-corrected chi connectivity index (χ4v) is 1.84. The van der Waals surface area contributed by atoms with E-state index in [2.05, 4.69) is 20.6 Å². The largest absolute Gasteiger partial charge is 0.490 e. The maximum atomic E-state index is 13.3. The van der Waals surface area contributed by atoms with E-state index in [4.69, 9.17) is 16.3 Å². The minimum absolute atomic E-state index is 0.386. The van der Waals surface area contributed by atoms with Crippen LogP contribution in [-0.2, 0) is 0 Å². The average Bonchev–Trinajstić information content (AvgIpc) is 2.43. The quantitative estimate of drug-likeness (QED) is 0.885. The lowest BCUT2D eigenvalue weighted by molar-refractivity contribution is 0.415.